The molecule has 0 spiro atoms. The van der Waals surface area contributed by atoms with E-state index < -0.39 is 0 Å². The summed E-state index contributed by atoms with van der Waals surface area (Å²) in [4.78, 5) is 21.2. The summed E-state index contributed by atoms with van der Waals surface area (Å²) in [6, 6.07) is 2.52. The van der Waals surface area contributed by atoms with E-state index in [0.717, 1.165) is 25.5 Å². The first-order valence-electron chi connectivity index (χ1n) is 5.83. The van der Waals surface area contributed by atoms with E-state index in [-0.39, 0.29) is 12.5 Å². The van der Waals surface area contributed by atoms with Gasteiger partial charge >= 0.3 is 0 Å². The van der Waals surface area contributed by atoms with Gasteiger partial charge in [-0.2, -0.15) is 0 Å². The Morgan fingerprint density at radius 3 is 2.88 bits per heavy atom. The highest BCUT2D eigenvalue weighted by Crippen LogP contribution is 1.98. The fourth-order valence-electron chi connectivity index (χ4n) is 1.35. The molecule has 1 unspecified atom stereocenters. The number of rotatable bonds is 10. The zero-order chi connectivity index (χ0) is 12.9. The summed E-state index contributed by atoms with van der Waals surface area (Å²) in [7, 11) is 0. The number of carbonyl (C=O) groups excluding carboxylic acids is 2. The number of amides is 1. The Morgan fingerprint density at radius 2 is 2.24 bits per heavy atom. The van der Waals surface area contributed by atoms with E-state index in [9.17, 15) is 9.59 Å². The second-order valence-electron chi connectivity index (χ2n) is 3.82. The van der Waals surface area contributed by atoms with E-state index >= 15 is 0 Å². The third-order valence-corrected chi connectivity index (χ3v) is 2.29. The number of carbonyl (C=O) groups is 2. The van der Waals surface area contributed by atoms with E-state index in [2.05, 4.69) is 22.0 Å². The Kier molecular flexibility index (Phi) is 9.97. The van der Waals surface area contributed by atoms with E-state index in [1.807, 2.05) is 6.92 Å². The quantitative estimate of drug-likeness (QED) is 0.210. The number of hydrogen-bond acceptors (Lipinski definition) is 4. The lowest BCUT2D eigenvalue weighted by molar-refractivity contribution is -0.120. The molecule has 0 aliphatic carbocycles. The van der Waals surface area contributed by atoms with Gasteiger partial charge in [0.25, 0.3) is 0 Å². The van der Waals surface area contributed by atoms with Crippen LogP contribution in [0.4, 0.5) is 0 Å². The minimum atomic E-state index is -0.0879. The topological polar surface area (TPSA) is 70.2 Å². The molecule has 0 bridgehead atoms. The van der Waals surface area contributed by atoms with E-state index in [4.69, 9.17) is 6.42 Å². The smallest absolute Gasteiger partial charge is 0.240 e. The molecule has 17 heavy (non-hydrogen) atoms. The van der Waals surface area contributed by atoms with Gasteiger partial charge in [-0.05, 0) is 19.8 Å². The molecule has 0 aliphatic heterocycles. The van der Waals surface area contributed by atoms with Gasteiger partial charge in [-0.15, -0.1) is 0 Å². The van der Waals surface area contributed by atoms with Gasteiger partial charge in [-0.1, -0.05) is 12.8 Å². The van der Waals surface area contributed by atoms with Crippen molar-refractivity contribution in [3.63, 3.8) is 0 Å². The Balaban J connectivity index is 3.31. The van der Waals surface area contributed by atoms with E-state index in [0.29, 0.717) is 19.1 Å². The summed E-state index contributed by atoms with van der Waals surface area (Å²) >= 11 is 0. The van der Waals surface area contributed by atoms with Gasteiger partial charge in [0.05, 0.1) is 6.54 Å². The molecule has 0 fully saturated rings. The maximum Gasteiger partial charge on any atom is 0.240 e. The van der Waals surface area contributed by atoms with Crippen molar-refractivity contribution in [2.24, 2.45) is 0 Å². The molecular formula is C12H21N3O2. The summed E-state index contributed by atoms with van der Waals surface area (Å²) in [5.41, 5.74) is 0. The Morgan fingerprint density at radius 1 is 1.47 bits per heavy atom. The van der Waals surface area contributed by atoms with Crippen molar-refractivity contribution in [2.45, 2.75) is 32.2 Å². The summed E-state index contributed by atoms with van der Waals surface area (Å²) in [6.07, 6.45) is 8.74. The van der Waals surface area contributed by atoms with Crippen LogP contribution in [-0.2, 0) is 9.59 Å². The zero-order valence-corrected chi connectivity index (χ0v) is 10.3. The van der Waals surface area contributed by atoms with Gasteiger partial charge in [-0.3, -0.25) is 4.79 Å². The van der Waals surface area contributed by atoms with Gasteiger partial charge in [-0.25, -0.2) is 0 Å². The minimum absolute atomic E-state index is 0.0879. The molecule has 0 saturated carbocycles. The zero-order valence-electron chi connectivity index (χ0n) is 10.3. The third-order valence-electron chi connectivity index (χ3n) is 2.29. The van der Waals surface area contributed by atoms with Gasteiger partial charge < -0.3 is 20.7 Å². The number of terminal acetylenes is 1. The lowest BCUT2D eigenvalue weighted by Crippen LogP contribution is -2.32. The molecule has 0 aliphatic rings. The molecule has 0 radical (unpaired) electrons. The molecule has 3 N–H and O–H groups in total. The van der Waals surface area contributed by atoms with Gasteiger partial charge in [0.2, 0.25) is 5.91 Å². The largest absolute Gasteiger partial charge is 0.355 e. The van der Waals surface area contributed by atoms with Crippen LogP contribution in [0.1, 0.15) is 26.2 Å². The standard InChI is InChI=1S/C12H21N3O2/c1-3-13-10-12(17)15-7-5-4-6-11(2)14-8-9-16/h1,9,11,13-14H,4-8,10H2,2H3,(H,15,17). The summed E-state index contributed by atoms with van der Waals surface area (Å²) in [5, 5.41) is 8.34. The van der Waals surface area contributed by atoms with Crippen LogP contribution >= 0.6 is 0 Å². The van der Waals surface area contributed by atoms with Crippen LogP contribution in [0.25, 0.3) is 0 Å². The van der Waals surface area contributed by atoms with Gasteiger partial charge in [0.15, 0.2) is 0 Å². The Bertz CT molecular complexity index is 261. The van der Waals surface area contributed by atoms with Crippen LogP contribution in [0.15, 0.2) is 0 Å². The Labute approximate surface area is 103 Å². The third kappa shape index (κ3) is 10.7. The molecule has 1 amide bonds. The maximum absolute atomic E-state index is 11.1. The first-order valence-corrected chi connectivity index (χ1v) is 5.83. The van der Waals surface area contributed by atoms with Crippen molar-refractivity contribution in [3.8, 4) is 12.5 Å². The molecule has 0 heterocycles. The number of unbranched alkanes of at least 4 members (excludes halogenated alkanes) is 1. The maximum atomic E-state index is 11.1. The molecule has 5 heteroatoms. The van der Waals surface area contributed by atoms with Crippen molar-refractivity contribution in [1.29, 1.82) is 0 Å². The molecule has 0 rings (SSSR count). The molecular weight excluding hydrogens is 218 g/mol. The monoisotopic (exact) mass is 239 g/mol. The van der Waals surface area contributed by atoms with Crippen molar-refractivity contribution in [1.82, 2.24) is 16.0 Å². The van der Waals surface area contributed by atoms with Crippen molar-refractivity contribution in [3.05, 3.63) is 0 Å². The second kappa shape index (κ2) is 11.0. The summed E-state index contributed by atoms with van der Waals surface area (Å²) < 4.78 is 0. The van der Waals surface area contributed by atoms with E-state index in [1.165, 1.54) is 0 Å². The minimum Gasteiger partial charge on any atom is -0.355 e. The normalized spacial score (nSPS) is 11.3. The fourth-order valence-corrected chi connectivity index (χ4v) is 1.35. The first-order chi connectivity index (χ1) is 8.20. The molecule has 96 valence electrons. The highest BCUT2D eigenvalue weighted by atomic mass is 16.1. The average Bonchev–Trinajstić information content (AvgIpc) is 2.33. The van der Waals surface area contributed by atoms with E-state index in [1.54, 1.807) is 0 Å². The molecule has 0 aromatic rings. The number of hydrogen-bond donors (Lipinski definition) is 3. The van der Waals surface area contributed by atoms with Crippen LogP contribution in [0, 0.1) is 12.5 Å². The average molecular weight is 239 g/mol. The molecule has 5 nitrogen and oxygen atoms in total. The van der Waals surface area contributed by atoms with Crippen LogP contribution in [0.3, 0.4) is 0 Å². The van der Waals surface area contributed by atoms with Crippen LogP contribution in [-0.4, -0.2) is 37.9 Å². The van der Waals surface area contributed by atoms with Crippen LogP contribution in [0.5, 0.6) is 0 Å². The van der Waals surface area contributed by atoms with Crippen LogP contribution in [0.2, 0.25) is 0 Å². The second-order valence-corrected chi connectivity index (χ2v) is 3.82. The summed E-state index contributed by atoms with van der Waals surface area (Å²) in [5.74, 6) is -0.0879. The number of aldehydes is 1. The SMILES string of the molecule is C#CNCC(=O)NCCCCC(C)NCC=O. The lowest BCUT2D eigenvalue weighted by atomic mass is 10.1. The molecule has 0 saturated heterocycles. The lowest BCUT2D eigenvalue weighted by Gasteiger charge is -2.11. The van der Waals surface area contributed by atoms with Crippen molar-refractivity contribution < 1.29 is 9.59 Å². The first kappa shape index (κ1) is 15.5. The molecule has 0 aromatic carbocycles. The molecule has 0 aromatic heterocycles. The number of nitrogens with one attached hydrogen (secondary N) is 3. The van der Waals surface area contributed by atoms with Crippen molar-refractivity contribution >= 4 is 12.2 Å². The molecule has 1 atom stereocenters. The van der Waals surface area contributed by atoms with Gasteiger partial charge in [0.1, 0.15) is 12.8 Å². The predicted octanol–water partition coefficient (Wildman–Crippen LogP) is -0.370. The highest BCUT2D eigenvalue weighted by Gasteiger charge is 2.01. The van der Waals surface area contributed by atoms with Crippen LogP contribution < -0.4 is 16.0 Å². The predicted molar refractivity (Wildman–Crippen MR) is 67.2 cm³/mol. The fraction of sp³-hybridized carbons (Fsp3) is 0.667. The Hall–Kier alpha value is -1.54. The highest BCUT2D eigenvalue weighted by molar-refractivity contribution is 5.78. The summed E-state index contributed by atoms with van der Waals surface area (Å²) in [6.45, 7) is 3.26. The van der Waals surface area contributed by atoms with Crippen molar-refractivity contribution in [2.75, 3.05) is 19.6 Å². The van der Waals surface area contributed by atoms with Gasteiger partial charge in [0, 0.05) is 18.6 Å².